The predicted octanol–water partition coefficient (Wildman–Crippen LogP) is 5.39. The number of alkyl halides is 1. The molecule has 4 aliphatic carbocycles. The zero-order valence-electron chi connectivity index (χ0n) is 18.7. The summed E-state index contributed by atoms with van der Waals surface area (Å²) < 4.78 is 14.5. The Labute approximate surface area is 176 Å². The summed E-state index contributed by atoms with van der Waals surface area (Å²) in [5.41, 5.74) is 2.17. The van der Waals surface area contributed by atoms with Crippen molar-refractivity contribution in [3.63, 3.8) is 0 Å². The van der Waals surface area contributed by atoms with Gasteiger partial charge in [-0.1, -0.05) is 13.8 Å². The second kappa shape index (κ2) is 7.14. The van der Waals surface area contributed by atoms with Crippen molar-refractivity contribution in [2.45, 2.75) is 77.8 Å². The first-order valence-electron chi connectivity index (χ1n) is 12.2. The molecule has 4 saturated carbocycles. The fourth-order valence-electron chi connectivity index (χ4n) is 8.42. The summed E-state index contributed by atoms with van der Waals surface area (Å²) in [5.74, 6) is 3.33. The molecule has 1 N–H and O–H groups in total. The molecule has 6 unspecified atom stereocenters. The highest BCUT2D eigenvalue weighted by atomic mass is 19.1. The number of halogens is 1. The van der Waals surface area contributed by atoms with Crippen molar-refractivity contribution < 1.29 is 4.39 Å². The highest BCUT2D eigenvalue weighted by Gasteiger charge is 2.61. The van der Waals surface area contributed by atoms with Gasteiger partial charge in [-0.05, 0) is 106 Å². The quantitative estimate of drug-likeness (QED) is 0.662. The predicted molar refractivity (Wildman–Crippen MR) is 118 cm³/mol. The van der Waals surface area contributed by atoms with Crippen LogP contribution in [0.3, 0.4) is 0 Å². The number of hydrogen-bond acceptors (Lipinski definition) is 3. The third kappa shape index (κ3) is 3.15. The van der Waals surface area contributed by atoms with E-state index < -0.39 is 6.17 Å². The monoisotopic (exact) mass is 401 g/mol. The molecule has 29 heavy (non-hydrogen) atoms. The summed E-state index contributed by atoms with van der Waals surface area (Å²) in [6.07, 6.45) is 9.43. The van der Waals surface area contributed by atoms with E-state index in [2.05, 4.69) is 25.8 Å². The Bertz CT molecular complexity index is 704. The topological polar surface area (TPSA) is 39.5 Å². The van der Waals surface area contributed by atoms with Crippen LogP contribution in [-0.4, -0.2) is 49.2 Å². The molecule has 3 nitrogen and oxygen atoms in total. The van der Waals surface area contributed by atoms with E-state index in [1.807, 2.05) is 0 Å². The van der Waals surface area contributed by atoms with Crippen molar-refractivity contribution in [3.05, 3.63) is 0 Å². The van der Waals surface area contributed by atoms with Gasteiger partial charge in [-0.3, -0.25) is 4.99 Å². The minimum absolute atomic E-state index is 0.153. The number of hydrogen-bond donors (Lipinski definition) is 1. The zero-order valence-corrected chi connectivity index (χ0v) is 18.7. The zero-order chi connectivity index (χ0) is 20.4. The first kappa shape index (κ1) is 20.2. The van der Waals surface area contributed by atoms with Gasteiger partial charge in [-0.25, -0.2) is 4.39 Å². The van der Waals surface area contributed by atoms with E-state index in [0.717, 1.165) is 30.7 Å². The largest absolute Gasteiger partial charge is 0.306 e. The van der Waals surface area contributed by atoms with Gasteiger partial charge in [0.2, 0.25) is 0 Å². The van der Waals surface area contributed by atoms with Crippen molar-refractivity contribution in [3.8, 4) is 0 Å². The van der Waals surface area contributed by atoms with Crippen LogP contribution in [0.5, 0.6) is 0 Å². The Morgan fingerprint density at radius 3 is 2.72 bits per heavy atom. The van der Waals surface area contributed by atoms with E-state index >= 15 is 0 Å². The van der Waals surface area contributed by atoms with Gasteiger partial charge in [-0.2, -0.15) is 0 Å². The number of rotatable bonds is 2. The number of nitrogens with one attached hydrogen (secondary N) is 1. The molecule has 0 spiro atoms. The molecular formula is C25H40FN3. The minimum atomic E-state index is -0.978. The molecule has 4 heteroatoms. The average molecular weight is 402 g/mol. The highest BCUT2D eigenvalue weighted by Crippen LogP contribution is 2.65. The lowest BCUT2D eigenvalue weighted by molar-refractivity contribution is -0.0824. The van der Waals surface area contributed by atoms with Crippen molar-refractivity contribution >= 4 is 11.4 Å². The second-order valence-corrected chi connectivity index (χ2v) is 11.8. The smallest absolute Gasteiger partial charge is 0.138 e. The maximum atomic E-state index is 14.5. The second-order valence-electron chi connectivity index (χ2n) is 11.8. The van der Waals surface area contributed by atoms with Crippen LogP contribution < -0.4 is 0 Å². The Hall–Kier alpha value is -0.770. The molecule has 1 saturated heterocycles. The van der Waals surface area contributed by atoms with Gasteiger partial charge >= 0.3 is 0 Å². The molecule has 0 aromatic heterocycles. The molecule has 0 aromatic carbocycles. The molecule has 8 atom stereocenters. The first-order valence-corrected chi connectivity index (χ1v) is 12.2. The summed E-state index contributed by atoms with van der Waals surface area (Å²) >= 11 is 0. The maximum absolute atomic E-state index is 14.5. The van der Waals surface area contributed by atoms with E-state index in [1.54, 1.807) is 0 Å². The van der Waals surface area contributed by atoms with Gasteiger partial charge in [-0.15, -0.1) is 0 Å². The molecule has 0 aromatic rings. The summed E-state index contributed by atoms with van der Waals surface area (Å²) in [7, 11) is 2.23. The summed E-state index contributed by atoms with van der Waals surface area (Å²) in [6.45, 7) is 8.25. The van der Waals surface area contributed by atoms with Crippen LogP contribution in [0.1, 0.15) is 71.6 Å². The lowest BCUT2D eigenvalue weighted by Gasteiger charge is -2.59. The normalized spacial score (nSPS) is 51.7. The molecule has 5 fully saturated rings. The van der Waals surface area contributed by atoms with E-state index in [-0.39, 0.29) is 5.41 Å². The minimum Gasteiger partial charge on any atom is -0.306 e. The van der Waals surface area contributed by atoms with Gasteiger partial charge in [0.1, 0.15) is 6.17 Å². The Balaban J connectivity index is 1.29. The molecule has 5 aliphatic rings. The molecule has 0 amide bonds. The third-order valence-corrected chi connectivity index (χ3v) is 10.3. The first-order chi connectivity index (χ1) is 13.8. The molecule has 0 bridgehead atoms. The fraction of sp³-hybridized carbons (Fsp3) is 0.920. The van der Waals surface area contributed by atoms with Crippen molar-refractivity contribution in [1.29, 1.82) is 5.41 Å². The van der Waals surface area contributed by atoms with E-state index in [1.165, 1.54) is 63.7 Å². The van der Waals surface area contributed by atoms with Crippen molar-refractivity contribution in [2.75, 3.05) is 26.7 Å². The third-order valence-electron chi connectivity index (χ3n) is 10.3. The Kier molecular flexibility index (Phi) is 4.96. The Morgan fingerprint density at radius 1 is 1.14 bits per heavy atom. The lowest BCUT2D eigenvalue weighted by Crippen LogP contribution is -2.53. The van der Waals surface area contributed by atoms with E-state index in [9.17, 15) is 4.39 Å². The molecule has 1 heterocycles. The van der Waals surface area contributed by atoms with E-state index in [4.69, 9.17) is 10.4 Å². The van der Waals surface area contributed by atoms with E-state index in [0.29, 0.717) is 29.4 Å². The highest BCUT2D eigenvalue weighted by molar-refractivity contribution is 5.93. The van der Waals surface area contributed by atoms with Gasteiger partial charge in [0.05, 0.1) is 0 Å². The van der Waals surface area contributed by atoms with Crippen LogP contribution in [0.2, 0.25) is 0 Å². The van der Waals surface area contributed by atoms with Crippen LogP contribution in [0.25, 0.3) is 0 Å². The molecule has 5 rings (SSSR count). The van der Waals surface area contributed by atoms with Crippen LogP contribution in [0.15, 0.2) is 4.99 Å². The molecule has 0 radical (unpaired) electrons. The summed E-state index contributed by atoms with van der Waals surface area (Å²) in [6, 6.07) is 0. The van der Waals surface area contributed by atoms with Crippen LogP contribution in [0, 0.1) is 45.8 Å². The lowest BCUT2D eigenvalue weighted by atomic mass is 9.45. The molecular weight excluding hydrogens is 361 g/mol. The number of aliphatic imine (C=N–C) groups is 1. The standard InChI is InChI=1S/C25H40FN3/c1-24-9-6-18(28-14-16-8-11-29(3)15-16)12-17(24)4-5-19-20(24)7-10-25(2)21(19)13-22(26)23(25)27/h16-17,19-22,27H,4-15H2,1-3H3/t16?,17?,19?,20?,21?,22?,24-,25-/m0/s1. The van der Waals surface area contributed by atoms with Crippen LogP contribution in [-0.2, 0) is 0 Å². The summed E-state index contributed by atoms with van der Waals surface area (Å²) in [5, 5.41) is 8.38. The fourth-order valence-corrected chi connectivity index (χ4v) is 8.42. The molecule has 1 aliphatic heterocycles. The van der Waals surface area contributed by atoms with Gasteiger partial charge in [0.25, 0.3) is 0 Å². The van der Waals surface area contributed by atoms with Crippen molar-refractivity contribution in [2.24, 2.45) is 45.4 Å². The van der Waals surface area contributed by atoms with Crippen molar-refractivity contribution in [1.82, 2.24) is 4.90 Å². The number of fused-ring (bicyclic) bond motifs is 5. The maximum Gasteiger partial charge on any atom is 0.138 e. The average Bonchev–Trinajstić information content (AvgIpc) is 3.21. The number of likely N-dealkylation sites (tertiary alicyclic amines) is 1. The van der Waals surface area contributed by atoms with Gasteiger partial charge in [0, 0.05) is 29.9 Å². The van der Waals surface area contributed by atoms with Crippen LogP contribution in [0.4, 0.5) is 4.39 Å². The number of nitrogens with zero attached hydrogens (tertiary/aromatic N) is 2. The Morgan fingerprint density at radius 2 is 1.97 bits per heavy atom. The summed E-state index contributed by atoms with van der Waals surface area (Å²) in [4.78, 5) is 7.56. The molecule has 162 valence electrons. The SMILES string of the molecule is CN1CCC(CN=C2CC[C@@]3(C)C(CCC4C3CC[C@]3(C)C(=N)C(F)CC43)C2)C1. The van der Waals surface area contributed by atoms with Gasteiger partial charge < -0.3 is 10.3 Å². The van der Waals surface area contributed by atoms with Gasteiger partial charge in [0.15, 0.2) is 0 Å². The van der Waals surface area contributed by atoms with Crippen LogP contribution >= 0.6 is 0 Å².